The molecule has 1 saturated heterocycles. The van der Waals surface area contributed by atoms with E-state index >= 15 is 0 Å². The summed E-state index contributed by atoms with van der Waals surface area (Å²) in [7, 11) is 1.91. The van der Waals surface area contributed by atoms with E-state index in [2.05, 4.69) is 51.3 Å². The molecule has 9 heteroatoms. The van der Waals surface area contributed by atoms with Gasteiger partial charge in [0.15, 0.2) is 0 Å². The first-order chi connectivity index (χ1) is 17.5. The van der Waals surface area contributed by atoms with Crippen LogP contribution in [0.25, 0.3) is 32.5 Å². The monoisotopic (exact) mass is 500 g/mol. The van der Waals surface area contributed by atoms with Crippen LogP contribution < -0.4 is 0 Å². The molecule has 1 aromatic carbocycles. The lowest BCUT2D eigenvalue weighted by atomic mass is 9.86. The second-order valence-electron chi connectivity index (χ2n) is 10.2. The van der Waals surface area contributed by atoms with Crippen LogP contribution in [0.3, 0.4) is 0 Å². The topological polar surface area (TPSA) is 90.9 Å². The van der Waals surface area contributed by atoms with E-state index in [0.29, 0.717) is 5.92 Å². The Morgan fingerprint density at radius 1 is 1.17 bits per heavy atom. The number of benzene rings is 1. The number of hydrogen-bond acceptors (Lipinski definition) is 7. The number of nitrogens with zero attached hydrogens (tertiary/aromatic N) is 6. The Hall–Kier alpha value is -3.14. The lowest BCUT2D eigenvalue weighted by molar-refractivity contribution is 0.0552. The second kappa shape index (κ2) is 8.19. The van der Waals surface area contributed by atoms with E-state index in [4.69, 9.17) is 14.1 Å². The Labute approximate surface area is 212 Å². The number of aryl methyl sites for hydroxylation is 2. The van der Waals surface area contributed by atoms with Crippen LogP contribution in [-0.4, -0.2) is 47.2 Å². The van der Waals surface area contributed by atoms with Crippen molar-refractivity contribution in [2.45, 2.75) is 44.2 Å². The molecule has 184 valence electrons. The van der Waals surface area contributed by atoms with Crippen LogP contribution in [0, 0.1) is 12.8 Å². The molecule has 0 spiro atoms. The van der Waals surface area contributed by atoms with E-state index in [1.807, 2.05) is 20.2 Å². The molecule has 5 heterocycles. The Kier molecular flexibility index (Phi) is 5.03. The maximum absolute atomic E-state index is 11.2. The summed E-state index contributed by atoms with van der Waals surface area (Å²) >= 11 is 1.45. The first-order valence-electron chi connectivity index (χ1n) is 12.6. The van der Waals surface area contributed by atoms with Crippen LogP contribution >= 0.6 is 11.5 Å². The van der Waals surface area contributed by atoms with Gasteiger partial charge in [-0.2, -0.15) is 4.37 Å². The van der Waals surface area contributed by atoms with Gasteiger partial charge in [0.25, 0.3) is 0 Å². The lowest BCUT2D eigenvalue weighted by Crippen LogP contribution is -2.27. The Morgan fingerprint density at radius 3 is 2.64 bits per heavy atom. The van der Waals surface area contributed by atoms with Gasteiger partial charge in [0.2, 0.25) is 0 Å². The highest BCUT2D eigenvalue weighted by Crippen LogP contribution is 2.51. The van der Waals surface area contributed by atoms with Crippen molar-refractivity contribution in [1.82, 2.24) is 28.9 Å². The summed E-state index contributed by atoms with van der Waals surface area (Å²) in [5.41, 5.74) is 7.05. The molecule has 1 atom stereocenters. The molecular formula is C27H28N6O2S. The molecule has 2 fully saturated rings. The second-order valence-corrected chi connectivity index (χ2v) is 10.9. The Balaban J connectivity index is 1.55. The first kappa shape index (κ1) is 22.1. The van der Waals surface area contributed by atoms with E-state index in [1.165, 1.54) is 17.1 Å². The van der Waals surface area contributed by atoms with Gasteiger partial charge in [-0.25, -0.2) is 4.68 Å². The quantitative estimate of drug-likeness (QED) is 0.375. The maximum Gasteiger partial charge on any atom is 0.110 e. The van der Waals surface area contributed by atoms with E-state index in [1.54, 1.807) is 4.68 Å². The van der Waals surface area contributed by atoms with Gasteiger partial charge in [-0.05, 0) is 61.7 Å². The predicted molar refractivity (Wildman–Crippen MR) is 139 cm³/mol. The lowest BCUT2D eigenvalue weighted by Gasteiger charge is -2.33. The predicted octanol–water partition coefficient (Wildman–Crippen LogP) is 4.75. The van der Waals surface area contributed by atoms with Crippen molar-refractivity contribution in [2.24, 2.45) is 13.0 Å². The van der Waals surface area contributed by atoms with Gasteiger partial charge in [-0.15, -0.1) is 5.10 Å². The number of fused-ring (bicyclic) bond motifs is 3. The first-order valence-corrected chi connectivity index (χ1v) is 13.3. The van der Waals surface area contributed by atoms with E-state index in [0.717, 1.165) is 82.8 Å². The fraction of sp³-hybridized carbons (Fsp3) is 0.407. The standard InChI is InChI=1S/C27H28N6O2S/c1-16-22(32(2)31-29-16)19-14-20-21(28-15-19)25-24(26(30-36-25)27(34)10-11-27)33(20)23(17-6-4-3-5-7-17)18-8-12-35-13-9-18/h3-7,14-15,18,23,34H,8-13H2,1-2H3. The Bertz CT molecular complexity index is 1560. The maximum atomic E-state index is 11.2. The zero-order valence-electron chi connectivity index (χ0n) is 20.4. The van der Waals surface area contributed by atoms with Crippen molar-refractivity contribution < 1.29 is 9.84 Å². The molecule has 1 unspecified atom stereocenters. The third kappa shape index (κ3) is 3.33. The third-order valence-electron chi connectivity index (χ3n) is 7.82. The van der Waals surface area contributed by atoms with Crippen molar-refractivity contribution in [1.29, 1.82) is 0 Å². The van der Waals surface area contributed by atoms with Crippen molar-refractivity contribution in [3.05, 3.63) is 59.5 Å². The molecule has 8 nitrogen and oxygen atoms in total. The average Bonchev–Trinajstić information content (AvgIpc) is 3.22. The fourth-order valence-electron chi connectivity index (χ4n) is 5.85. The van der Waals surface area contributed by atoms with Crippen LogP contribution in [-0.2, 0) is 17.4 Å². The highest BCUT2D eigenvalue weighted by atomic mass is 32.1. The number of rotatable bonds is 5. The highest BCUT2D eigenvalue weighted by Gasteiger charge is 2.47. The summed E-state index contributed by atoms with van der Waals surface area (Å²) in [6, 6.07) is 13.0. The van der Waals surface area contributed by atoms with Crippen molar-refractivity contribution in [2.75, 3.05) is 13.2 Å². The van der Waals surface area contributed by atoms with Crippen molar-refractivity contribution >= 4 is 32.8 Å². The zero-order chi connectivity index (χ0) is 24.4. The number of ether oxygens (including phenoxy) is 1. The zero-order valence-corrected chi connectivity index (χ0v) is 21.2. The Morgan fingerprint density at radius 2 is 1.94 bits per heavy atom. The van der Waals surface area contributed by atoms with Gasteiger partial charge in [-0.1, -0.05) is 35.5 Å². The van der Waals surface area contributed by atoms with Gasteiger partial charge < -0.3 is 14.4 Å². The summed E-state index contributed by atoms with van der Waals surface area (Å²) in [5.74, 6) is 0.394. The third-order valence-corrected chi connectivity index (χ3v) is 8.66. The molecule has 0 radical (unpaired) electrons. The largest absolute Gasteiger partial charge is 0.383 e. The normalized spacial score (nSPS) is 18.8. The molecule has 0 bridgehead atoms. The number of hydrogen-bond donors (Lipinski definition) is 1. The summed E-state index contributed by atoms with van der Waals surface area (Å²) in [5, 5.41) is 19.7. The highest BCUT2D eigenvalue weighted by molar-refractivity contribution is 7.14. The molecule has 0 amide bonds. The molecule has 7 rings (SSSR count). The molecule has 5 aromatic rings. The average molecular weight is 501 g/mol. The van der Waals surface area contributed by atoms with Crippen LogP contribution in [0.15, 0.2) is 42.6 Å². The molecule has 2 aliphatic rings. The van der Waals surface area contributed by atoms with E-state index < -0.39 is 5.60 Å². The van der Waals surface area contributed by atoms with Crippen LogP contribution in [0.5, 0.6) is 0 Å². The molecule has 1 N–H and O–H groups in total. The van der Waals surface area contributed by atoms with E-state index in [9.17, 15) is 5.11 Å². The molecule has 1 aliphatic carbocycles. The SMILES string of the molecule is Cc1nnn(C)c1-c1cnc2c3snc(C4(O)CC4)c3n(C(c3ccccc3)C3CCOCC3)c2c1. The van der Waals surface area contributed by atoms with Crippen molar-refractivity contribution in [3.63, 3.8) is 0 Å². The van der Waals surface area contributed by atoms with Gasteiger partial charge in [0, 0.05) is 32.0 Å². The number of pyridine rings is 1. The van der Waals surface area contributed by atoms with Crippen LogP contribution in [0.2, 0.25) is 0 Å². The minimum atomic E-state index is -0.841. The molecular weight excluding hydrogens is 472 g/mol. The smallest absolute Gasteiger partial charge is 0.110 e. The minimum Gasteiger partial charge on any atom is -0.383 e. The van der Waals surface area contributed by atoms with Crippen LogP contribution in [0.4, 0.5) is 0 Å². The van der Waals surface area contributed by atoms with Gasteiger partial charge >= 0.3 is 0 Å². The van der Waals surface area contributed by atoms with Gasteiger partial charge in [-0.3, -0.25) is 4.98 Å². The summed E-state index contributed by atoms with van der Waals surface area (Å²) in [6.45, 7) is 3.50. The van der Waals surface area contributed by atoms with Crippen molar-refractivity contribution in [3.8, 4) is 11.3 Å². The molecule has 36 heavy (non-hydrogen) atoms. The minimum absolute atomic E-state index is 0.0791. The molecule has 4 aromatic heterocycles. The number of aliphatic hydroxyl groups is 1. The summed E-state index contributed by atoms with van der Waals surface area (Å²) in [6.07, 6.45) is 5.37. The summed E-state index contributed by atoms with van der Waals surface area (Å²) < 4.78 is 15.8. The molecule has 1 aliphatic heterocycles. The number of aromatic nitrogens is 6. The fourth-order valence-corrected chi connectivity index (χ4v) is 6.81. The summed E-state index contributed by atoms with van der Waals surface area (Å²) in [4.78, 5) is 4.98. The molecule has 1 saturated carbocycles. The van der Waals surface area contributed by atoms with Crippen LogP contribution in [0.1, 0.15) is 48.7 Å². The van der Waals surface area contributed by atoms with E-state index in [-0.39, 0.29) is 6.04 Å². The van der Waals surface area contributed by atoms with Gasteiger partial charge in [0.05, 0.1) is 33.2 Å². The van der Waals surface area contributed by atoms with Gasteiger partial charge in [0.1, 0.15) is 16.8 Å².